The lowest BCUT2D eigenvalue weighted by molar-refractivity contribution is 0.0815. The van der Waals surface area contributed by atoms with Crippen molar-refractivity contribution in [2.75, 3.05) is 19.4 Å². The SMILES string of the molecule is CC(C)Cn1cc(-c2cnn(C)c2)cc(N[C@H]2CC[C@@H](c3cnc(C(=O)N(C)C)nc3)CC2)c1=O. The topological polar surface area (TPSA) is 97.9 Å². The number of amides is 1. The molecule has 0 saturated heterocycles. The van der Waals surface area contributed by atoms with Gasteiger partial charge in [0.05, 0.1) is 6.20 Å². The zero-order valence-corrected chi connectivity index (χ0v) is 21.2. The van der Waals surface area contributed by atoms with Crippen molar-refractivity contribution in [3.05, 3.63) is 58.8 Å². The third-order valence-electron chi connectivity index (χ3n) is 6.51. The molecule has 0 bridgehead atoms. The average molecular weight is 478 g/mol. The van der Waals surface area contributed by atoms with Crippen LogP contribution in [-0.2, 0) is 13.6 Å². The zero-order valence-electron chi connectivity index (χ0n) is 21.2. The molecule has 0 unspecified atom stereocenters. The molecular formula is C26H35N7O2. The van der Waals surface area contributed by atoms with Crippen LogP contribution in [0.25, 0.3) is 11.1 Å². The van der Waals surface area contributed by atoms with Crippen molar-refractivity contribution in [1.82, 2.24) is 29.2 Å². The van der Waals surface area contributed by atoms with Crippen LogP contribution in [0.1, 0.15) is 61.6 Å². The van der Waals surface area contributed by atoms with Crippen molar-refractivity contribution < 1.29 is 4.79 Å². The monoisotopic (exact) mass is 477 g/mol. The largest absolute Gasteiger partial charge is 0.378 e. The molecule has 1 amide bonds. The molecule has 1 aliphatic rings. The van der Waals surface area contributed by atoms with E-state index < -0.39 is 0 Å². The van der Waals surface area contributed by atoms with Gasteiger partial charge in [-0.25, -0.2) is 9.97 Å². The maximum atomic E-state index is 13.2. The van der Waals surface area contributed by atoms with E-state index in [2.05, 4.69) is 34.2 Å². The number of hydrogen-bond donors (Lipinski definition) is 1. The van der Waals surface area contributed by atoms with Crippen molar-refractivity contribution in [1.29, 1.82) is 0 Å². The van der Waals surface area contributed by atoms with E-state index in [9.17, 15) is 9.59 Å². The highest BCUT2D eigenvalue weighted by Gasteiger charge is 2.24. The fourth-order valence-electron chi connectivity index (χ4n) is 4.65. The fraction of sp³-hybridized carbons (Fsp3) is 0.500. The van der Waals surface area contributed by atoms with Gasteiger partial charge in [0.25, 0.3) is 11.5 Å². The van der Waals surface area contributed by atoms with Gasteiger partial charge in [-0.15, -0.1) is 0 Å². The molecule has 1 aliphatic carbocycles. The summed E-state index contributed by atoms with van der Waals surface area (Å²) in [5, 5.41) is 7.84. The highest BCUT2D eigenvalue weighted by molar-refractivity contribution is 5.89. The first-order chi connectivity index (χ1) is 16.7. The van der Waals surface area contributed by atoms with E-state index in [1.165, 1.54) is 4.90 Å². The Morgan fingerprint density at radius 1 is 1.09 bits per heavy atom. The van der Waals surface area contributed by atoms with Gasteiger partial charge in [-0.3, -0.25) is 14.3 Å². The van der Waals surface area contributed by atoms with Gasteiger partial charge in [-0.1, -0.05) is 13.8 Å². The molecule has 4 rings (SSSR count). The summed E-state index contributed by atoms with van der Waals surface area (Å²) in [5.41, 5.74) is 3.71. The molecule has 1 saturated carbocycles. The van der Waals surface area contributed by atoms with Crippen LogP contribution in [0.4, 0.5) is 5.69 Å². The van der Waals surface area contributed by atoms with Crippen molar-refractivity contribution >= 4 is 11.6 Å². The Bertz CT molecular complexity index is 1220. The molecule has 0 spiro atoms. The zero-order chi connectivity index (χ0) is 25.1. The summed E-state index contributed by atoms with van der Waals surface area (Å²) in [4.78, 5) is 35.3. The molecule has 0 atom stereocenters. The van der Waals surface area contributed by atoms with Crippen LogP contribution in [0, 0.1) is 5.92 Å². The maximum absolute atomic E-state index is 13.2. The third kappa shape index (κ3) is 5.78. The van der Waals surface area contributed by atoms with E-state index in [0.29, 0.717) is 24.1 Å². The second kappa shape index (κ2) is 10.4. The minimum Gasteiger partial charge on any atom is -0.378 e. The number of nitrogens with one attached hydrogen (secondary N) is 1. The highest BCUT2D eigenvalue weighted by Crippen LogP contribution is 2.33. The number of carbonyl (C=O) groups excluding carboxylic acids is 1. The molecule has 3 aromatic rings. The van der Waals surface area contributed by atoms with E-state index in [1.807, 2.05) is 36.3 Å². The molecule has 0 aliphatic heterocycles. The van der Waals surface area contributed by atoms with Gasteiger partial charge >= 0.3 is 0 Å². The first-order valence-electron chi connectivity index (χ1n) is 12.2. The lowest BCUT2D eigenvalue weighted by atomic mass is 9.82. The van der Waals surface area contributed by atoms with E-state index in [-0.39, 0.29) is 23.3 Å². The molecule has 0 aromatic carbocycles. The Labute approximate surface area is 206 Å². The second-order valence-corrected chi connectivity index (χ2v) is 10.1. The van der Waals surface area contributed by atoms with Gasteiger partial charge in [0.15, 0.2) is 0 Å². The lowest BCUT2D eigenvalue weighted by Gasteiger charge is -2.30. The van der Waals surface area contributed by atoms with Gasteiger partial charge < -0.3 is 14.8 Å². The van der Waals surface area contributed by atoms with Gasteiger partial charge in [-0.2, -0.15) is 5.10 Å². The van der Waals surface area contributed by atoms with Crippen LogP contribution >= 0.6 is 0 Å². The first kappa shape index (κ1) is 24.6. The van der Waals surface area contributed by atoms with E-state index in [0.717, 1.165) is 42.4 Å². The van der Waals surface area contributed by atoms with Gasteiger partial charge in [0.2, 0.25) is 5.82 Å². The molecular weight excluding hydrogens is 442 g/mol. The Kier molecular flexibility index (Phi) is 7.33. The second-order valence-electron chi connectivity index (χ2n) is 10.1. The highest BCUT2D eigenvalue weighted by atomic mass is 16.2. The predicted molar refractivity (Wildman–Crippen MR) is 136 cm³/mol. The van der Waals surface area contributed by atoms with Crippen molar-refractivity contribution in [3.63, 3.8) is 0 Å². The van der Waals surface area contributed by atoms with Crippen LogP contribution in [0.2, 0.25) is 0 Å². The minimum absolute atomic E-state index is 0.0167. The third-order valence-corrected chi connectivity index (χ3v) is 6.51. The average Bonchev–Trinajstić information content (AvgIpc) is 3.27. The van der Waals surface area contributed by atoms with Crippen molar-refractivity contribution in [3.8, 4) is 11.1 Å². The van der Waals surface area contributed by atoms with Gasteiger partial charge in [0.1, 0.15) is 5.69 Å². The first-order valence-corrected chi connectivity index (χ1v) is 12.2. The Morgan fingerprint density at radius 3 is 2.34 bits per heavy atom. The van der Waals surface area contributed by atoms with E-state index in [4.69, 9.17) is 0 Å². The van der Waals surface area contributed by atoms with Crippen LogP contribution in [0.5, 0.6) is 0 Å². The lowest BCUT2D eigenvalue weighted by Crippen LogP contribution is -2.31. The molecule has 186 valence electrons. The van der Waals surface area contributed by atoms with E-state index >= 15 is 0 Å². The molecule has 35 heavy (non-hydrogen) atoms. The van der Waals surface area contributed by atoms with Crippen molar-refractivity contribution in [2.24, 2.45) is 13.0 Å². The summed E-state index contributed by atoms with van der Waals surface area (Å²) in [7, 11) is 5.28. The number of carbonyl (C=O) groups is 1. The number of aryl methyl sites for hydroxylation is 1. The van der Waals surface area contributed by atoms with Crippen LogP contribution in [0.3, 0.4) is 0 Å². The van der Waals surface area contributed by atoms with Crippen LogP contribution in [0.15, 0.2) is 41.8 Å². The standard InChI is InChI=1S/C26H35N7O2/c1-17(2)14-33-16-19(21-13-29-32(5)15-21)10-23(25(33)34)30-22-8-6-18(7-9-22)20-11-27-24(28-12-20)26(35)31(3)4/h10-13,15-18,22,30H,6-9,14H2,1-5H3/t18-,22+. The molecule has 1 N–H and O–H groups in total. The summed E-state index contributed by atoms with van der Waals surface area (Å²) in [6.07, 6.45) is 13.1. The number of hydrogen-bond acceptors (Lipinski definition) is 6. The Balaban J connectivity index is 1.46. The molecule has 3 heterocycles. The van der Waals surface area contributed by atoms with Crippen LogP contribution in [-0.4, -0.2) is 55.3 Å². The maximum Gasteiger partial charge on any atom is 0.291 e. The van der Waals surface area contributed by atoms with Crippen LogP contribution < -0.4 is 10.9 Å². The number of rotatable bonds is 7. The molecule has 3 aromatic heterocycles. The van der Waals surface area contributed by atoms with Crippen molar-refractivity contribution in [2.45, 2.75) is 58.0 Å². The number of nitrogens with zero attached hydrogens (tertiary/aromatic N) is 6. The number of aromatic nitrogens is 5. The quantitative estimate of drug-likeness (QED) is 0.559. The Hall–Kier alpha value is -3.49. The summed E-state index contributed by atoms with van der Waals surface area (Å²) in [5.74, 6) is 0.749. The Morgan fingerprint density at radius 2 is 1.77 bits per heavy atom. The summed E-state index contributed by atoms with van der Waals surface area (Å²) in [6.45, 7) is 4.90. The van der Waals surface area contributed by atoms with Gasteiger partial charge in [0, 0.05) is 69.6 Å². The molecule has 9 heteroatoms. The van der Waals surface area contributed by atoms with E-state index in [1.54, 1.807) is 31.2 Å². The normalized spacial score (nSPS) is 18.0. The molecule has 0 radical (unpaired) electrons. The fourth-order valence-corrected chi connectivity index (χ4v) is 4.65. The number of anilines is 1. The summed E-state index contributed by atoms with van der Waals surface area (Å²) >= 11 is 0. The summed E-state index contributed by atoms with van der Waals surface area (Å²) < 4.78 is 3.59. The predicted octanol–water partition coefficient (Wildman–Crippen LogP) is 3.53. The number of pyridine rings is 1. The smallest absolute Gasteiger partial charge is 0.291 e. The molecule has 1 fully saturated rings. The van der Waals surface area contributed by atoms with Gasteiger partial charge in [-0.05, 0) is 49.1 Å². The summed E-state index contributed by atoms with van der Waals surface area (Å²) in [6, 6.07) is 2.18. The minimum atomic E-state index is -0.193. The molecule has 9 nitrogen and oxygen atoms in total.